The maximum Gasteiger partial charge on any atom is 0.228 e. The van der Waals surface area contributed by atoms with E-state index in [2.05, 4.69) is 39.0 Å². The summed E-state index contributed by atoms with van der Waals surface area (Å²) < 4.78 is 2.10. The third-order valence-electron chi connectivity index (χ3n) is 7.33. The third kappa shape index (κ3) is 4.72. The Morgan fingerprint density at radius 1 is 1.18 bits per heavy atom. The molecule has 178 valence electrons. The first kappa shape index (κ1) is 23.0. The van der Waals surface area contributed by atoms with Gasteiger partial charge in [0.2, 0.25) is 5.91 Å². The van der Waals surface area contributed by atoms with Gasteiger partial charge >= 0.3 is 0 Å². The standard InChI is InChI=1S/C26H31ClN6O/c1-32-12-8-20(9-13-32)33-17-18(15-30-33)14-24-29-16-22(27)23(31-24)7-6-19-4-2-3-5-21(19)26(10-11-26)25(28)34/h2-5,15-17,20H,6-14H2,1H3,(H2,28,34). The van der Waals surface area contributed by atoms with E-state index >= 15 is 0 Å². The van der Waals surface area contributed by atoms with Gasteiger partial charge in [-0.3, -0.25) is 9.48 Å². The van der Waals surface area contributed by atoms with Gasteiger partial charge < -0.3 is 10.6 Å². The van der Waals surface area contributed by atoms with Crippen LogP contribution in [0.15, 0.2) is 42.9 Å². The van der Waals surface area contributed by atoms with Crippen LogP contribution in [0.2, 0.25) is 5.02 Å². The number of benzene rings is 1. The van der Waals surface area contributed by atoms with Crippen molar-refractivity contribution in [1.29, 1.82) is 0 Å². The van der Waals surface area contributed by atoms with Crippen molar-refractivity contribution in [3.05, 3.63) is 76.1 Å². The summed E-state index contributed by atoms with van der Waals surface area (Å²) in [4.78, 5) is 23.7. The zero-order valence-corrected chi connectivity index (χ0v) is 20.3. The molecule has 0 bridgehead atoms. The molecule has 1 aromatic carbocycles. The SMILES string of the molecule is CN1CCC(n2cc(Cc3ncc(Cl)c(CCc4ccccc4C4(C(N)=O)CC4)n3)cn2)CC1. The summed E-state index contributed by atoms with van der Waals surface area (Å²) in [6.07, 6.45) is 11.7. The molecule has 0 spiro atoms. The number of hydrogen-bond acceptors (Lipinski definition) is 5. The van der Waals surface area contributed by atoms with E-state index in [9.17, 15) is 4.79 Å². The number of hydrogen-bond donors (Lipinski definition) is 1. The first-order valence-electron chi connectivity index (χ1n) is 12.0. The Bertz CT molecular complexity index is 1180. The molecule has 1 aliphatic heterocycles. The molecule has 1 aliphatic carbocycles. The molecule has 0 unspecified atom stereocenters. The number of halogens is 1. The van der Waals surface area contributed by atoms with Crippen molar-refractivity contribution < 1.29 is 4.79 Å². The van der Waals surface area contributed by atoms with Crippen LogP contribution in [0.25, 0.3) is 0 Å². The normalized spacial score (nSPS) is 18.2. The van der Waals surface area contributed by atoms with E-state index in [-0.39, 0.29) is 5.91 Å². The minimum absolute atomic E-state index is 0.233. The molecule has 1 amide bonds. The van der Waals surface area contributed by atoms with Crippen molar-refractivity contribution in [1.82, 2.24) is 24.6 Å². The number of piperidine rings is 1. The van der Waals surface area contributed by atoms with Crippen LogP contribution >= 0.6 is 11.6 Å². The molecule has 0 radical (unpaired) electrons. The number of aryl methyl sites for hydroxylation is 2. The van der Waals surface area contributed by atoms with E-state index in [1.54, 1.807) is 6.20 Å². The zero-order valence-electron chi connectivity index (χ0n) is 19.6. The lowest BCUT2D eigenvalue weighted by Crippen LogP contribution is -2.31. The fourth-order valence-electron chi connectivity index (χ4n) is 5.05. The van der Waals surface area contributed by atoms with Gasteiger partial charge in [-0.2, -0.15) is 5.10 Å². The first-order chi connectivity index (χ1) is 16.4. The number of primary amides is 1. The molecule has 2 aliphatic rings. The highest BCUT2D eigenvalue weighted by Crippen LogP contribution is 2.49. The molecule has 0 atom stereocenters. The highest BCUT2D eigenvalue weighted by molar-refractivity contribution is 6.31. The average Bonchev–Trinajstić information content (AvgIpc) is 3.53. The monoisotopic (exact) mass is 478 g/mol. The molecule has 2 N–H and O–H groups in total. The Morgan fingerprint density at radius 3 is 2.68 bits per heavy atom. The summed E-state index contributed by atoms with van der Waals surface area (Å²) in [6, 6.07) is 8.55. The molecule has 1 saturated carbocycles. The molecule has 8 heteroatoms. The van der Waals surface area contributed by atoms with Gasteiger partial charge in [-0.25, -0.2) is 9.97 Å². The number of likely N-dealkylation sites (tertiary alicyclic amines) is 1. The van der Waals surface area contributed by atoms with Crippen LogP contribution in [0.1, 0.15) is 59.9 Å². The van der Waals surface area contributed by atoms with Crippen molar-refractivity contribution >= 4 is 17.5 Å². The molecule has 5 rings (SSSR count). The minimum Gasteiger partial charge on any atom is -0.369 e. The van der Waals surface area contributed by atoms with Crippen LogP contribution in [0.3, 0.4) is 0 Å². The average molecular weight is 479 g/mol. The van der Waals surface area contributed by atoms with E-state index in [1.807, 2.05) is 24.4 Å². The van der Waals surface area contributed by atoms with E-state index in [0.717, 1.165) is 73.4 Å². The Morgan fingerprint density at radius 2 is 1.94 bits per heavy atom. The van der Waals surface area contributed by atoms with Crippen LogP contribution < -0.4 is 5.73 Å². The summed E-state index contributed by atoms with van der Waals surface area (Å²) in [7, 11) is 2.17. The summed E-state index contributed by atoms with van der Waals surface area (Å²) in [6.45, 7) is 2.21. The number of carbonyl (C=O) groups is 1. The van der Waals surface area contributed by atoms with Crippen LogP contribution in [0.4, 0.5) is 0 Å². The predicted molar refractivity (Wildman–Crippen MR) is 132 cm³/mol. The summed E-state index contributed by atoms with van der Waals surface area (Å²) >= 11 is 6.46. The Kier molecular flexibility index (Phi) is 6.40. The van der Waals surface area contributed by atoms with E-state index in [1.165, 1.54) is 0 Å². The number of carbonyl (C=O) groups excluding carboxylic acids is 1. The summed E-state index contributed by atoms with van der Waals surface area (Å²) in [5.74, 6) is 0.509. The zero-order chi connectivity index (χ0) is 23.7. The number of nitrogens with zero attached hydrogens (tertiary/aromatic N) is 5. The lowest BCUT2D eigenvalue weighted by Gasteiger charge is -2.28. The first-order valence-corrected chi connectivity index (χ1v) is 12.4. The fourth-order valence-corrected chi connectivity index (χ4v) is 5.23. The molecule has 2 fully saturated rings. The van der Waals surface area contributed by atoms with Crippen molar-refractivity contribution in [2.24, 2.45) is 5.73 Å². The third-order valence-corrected chi connectivity index (χ3v) is 7.65. The number of amides is 1. The Hall–Kier alpha value is -2.77. The van der Waals surface area contributed by atoms with Gasteiger partial charge in [-0.1, -0.05) is 35.9 Å². The lowest BCUT2D eigenvalue weighted by atomic mass is 9.88. The van der Waals surface area contributed by atoms with Gasteiger partial charge in [-0.15, -0.1) is 0 Å². The Labute approximate surface area is 205 Å². The fraction of sp³-hybridized carbons (Fsp3) is 0.462. The maximum absolute atomic E-state index is 12.1. The highest BCUT2D eigenvalue weighted by atomic mass is 35.5. The van der Waals surface area contributed by atoms with Crippen molar-refractivity contribution in [3.8, 4) is 0 Å². The summed E-state index contributed by atoms with van der Waals surface area (Å²) in [5.41, 5.74) is 9.35. The van der Waals surface area contributed by atoms with Gasteiger partial charge in [0.1, 0.15) is 5.82 Å². The predicted octanol–water partition coefficient (Wildman–Crippen LogP) is 3.49. The van der Waals surface area contributed by atoms with E-state index in [4.69, 9.17) is 22.3 Å². The number of rotatable bonds is 8. The minimum atomic E-state index is -0.495. The second-order valence-corrected chi connectivity index (χ2v) is 10.1. The molecular formula is C26H31ClN6O. The van der Waals surface area contributed by atoms with Gasteiger partial charge in [0.15, 0.2) is 0 Å². The van der Waals surface area contributed by atoms with Gasteiger partial charge in [0.05, 0.1) is 28.4 Å². The van der Waals surface area contributed by atoms with Crippen LogP contribution in [0, 0.1) is 0 Å². The molecular weight excluding hydrogens is 448 g/mol. The maximum atomic E-state index is 12.1. The van der Waals surface area contributed by atoms with Gasteiger partial charge in [0.25, 0.3) is 0 Å². The smallest absolute Gasteiger partial charge is 0.228 e. The van der Waals surface area contributed by atoms with Crippen LogP contribution in [-0.2, 0) is 29.5 Å². The van der Waals surface area contributed by atoms with Crippen LogP contribution in [-0.4, -0.2) is 50.7 Å². The van der Waals surface area contributed by atoms with Crippen molar-refractivity contribution in [2.75, 3.05) is 20.1 Å². The van der Waals surface area contributed by atoms with Crippen molar-refractivity contribution in [2.45, 2.75) is 56.4 Å². The summed E-state index contributed by atoms with van der Waals surface area (Å²) in [5, 5.41) is 5.18. The van der Waals surface area contributed by atoms with Gasteiger partial charge in [0, 0.05) is 18.8 Å². The van der Waals surface area contributed by atoms with E-state index in [0.29, 0.717) is 23.9 Å². The number of nitrogens with two attached hydrogens (primary N) is 1. The molecule has 34 heavy (non-hydrogen) atoms. The quantitative estimate of drug-likeness (QED) is 0.535. The molecule has 7 nitrogen and oxygen atoms in total. The van der Waals surface area contributed by atoms with E-state index < -0.39 is 5.41 Å². The topological polar surface area (TPSA) is 89.9 Å². The Balaban J connectivity index is 1.27. The molecule has 1 saturated heterocycles. The van der Waals surface area contributed by atoms with Crippen molar-refractivity contribution in [3.63, 3.8) is 0 Å². The van der Waals surface area contributed by atoms with Gasteiger partial charge in [-0.05, 0) is 75.4 Å². The second kappa shape index (κ2) is 9.47. The largest absolute Gasteiger partial charge is 0.369 e. The highest BCUT2D eigenvalue weighted by Gasteiger charge is 2.50. The number of aromatic nitrogens is 4. The second-order valence-electron chi connectivity index (χ2n) is 9.72. The molecule has 3 aromatic rings. The van der Waals surface area contributed by atoms with Crippen LogP contribution in [0.5, 0.6) is 0 Å². The molecule has 3 heterocycles. The lowest BCUT2D eigenvalue weighted by molar-refractivity contribution is -0.120. The molecule has 2 aromatic heterocycles.